The summed E-state index contributed by atoms with van der Waals surface area (Å²) in [6, 6.07) is 0. The number of fused-ring (bicyclic) bond motifs is 2. The molecule has 9 heavy (non-hydrogen) atoms. The van der Waals surface area contributed by atoms with Crippen molar-refractivity contribution in [3.8, 4) is 0 Å². The van der Waals surface area contributed by atoms with Gasteiger partial charge in [-0.15, -0.1) is 0 Å². The molecule has 1 nitrogen and oxygen atoms in total. The smallest absolute Gasteiger partial charge is 0.0131 e. The summed E-state index contributed by atoms with van der Waals surface area (Å²) < 4.78 is 0. The van der Waals surface area contributed by atoms with Crippen LogP contribution in [0.15, 0.2) is 0 Å². The minimum atomic E-state index is 0.200. The topological polar surface area (TPSA) is 26.0 Å². The zero-order valence-corrected chi connectivity index (χ0v) is 6.06. The van der Waals surface area contributed by atoms with E-state index in [0.717, 1.165) is 11.8 Å². The van der Waals surface area contributed by atoms with E-state index in [1.807, 2.05) is 0 Å². The molecule has 0 heterocycles. The molecule has 2 N–H and O–H groups in total. The van der Waals surface area contributed by atoms with Gasteiger partial charge in [0.05, 0.1) is 0 Å². The normalized spacial score (nSPS) is 56.7. The van der Waals surface area contributed by atoms with E-state index in [0.29, 0.717) is 0 Å². The van der Waals surface area contributed by atoms with Crippen LogP contribution < -0.4 is 5.73 Å². The lowest BCUT2D eigenvalue weighted by Crippen LogP contribution is -2.49. The van der Waals surface area contributed by atoms with Crippen LogP contribution in [0, 0.1) is 11.8 Å². The predicted molar refractivity (Wildman–Crippen MR) is 38.0 cm³/mol. The highest BCUT2D eigenvalue weighted by molar-refractivity contribution is 4.97. The Morgan fingerprint density at radius 1 is 1.22 bits per heavy atom. The molecule has 3 saturated carbocycles. The second-order valence-corrected chi connectivity index (χ2v) is 4.27. The Labute approximate surface area is 56.6 Å². The van der Waals surface area contributed by atoms with Gasteiger partial charge in [-0.3, -0.25) is 0 Å². The third kappa shape index (κ3) is 0.877. The molecular weight excluding hydrogens is 110 g/mol. The molecule has 0 aliphatic heterocycles. The molecule has 3 aliphatic carbocycles. The van der Waals surface area contributed by atoms with E-state index in [1.54, 1.807) is 0 Å². The quantitative estimate of drug-likeness (QED) is 0.522. The monoisotopic (exact) mass is 125 g/mol. The molecule has 0 saturated heterocycles. The highest BCUT2D eigenvalue weighted by Gasteiger charge is 2.42. The van der Waals surface area contributed by atoms with Gasteiger partial charge in [0.2, 0.25) is 0 Å². The van der Waals surface area contributed by atoms with Crippen molar-refractivity contribution in [1.82, 2.24) is 0 Å². The fraction of sp³-hybridized carbons (Fsp3) is 1.00. The highest BCUT2D eigenvalue weighted by Crippen LogP contribution is 2.48. The first kappa shape index (κ1) is 5.72. The molecule has 3 fully saturated rings. The summed E-state index contributed by atoms with van der Waals surface area (Å²) in [5, 5.41) is 0. The van der Waals surface area contributed by atoms with Gasteiger partial charge in [0, 0.05) is 5.54 Å². The summed E-state index contributed by atoms with van der Waals surface area (Å²) in [4.78, 5) is 0. The molecule has 3 aliphatic rings. The van der Waals surface area contributed by atoms with Crippen molar-refractivity contribution >= 4 is 0 Å². The van der Waals surface area contributed by atoms with Crippen LogP contribution in [0.2, 0.25) is 0 Å². The van der Waals surface area contributed by atoms with E-state index in [4.69, 9.17) is 5.73 Å². The van der Waals surface area contributed by atoms with Crippen LogP contribution in [0.25, 0.3) is 0 Å². The first-order valence-corrected chi connectivity index (χ1v) is 3.95. The maximum Gasteiger partial charge on any atom is 0.0131 e. The number of nitrogens with two attached hydrogens (primary N) is 1. The van der Waals surface area contributed by atoms with Crippen LogP contribution in [0.4, 0.5) is 0 Å². The molecule has 0 aromatic carbocycles. The Morgan fingerprint density at radius 3 is 1.89 bits per heavy atom. The Bertz CT molecular complexity index is 111. The molecule has 2 bridgehead atoms. The molecular formula is C8H15N. The van der Waals surface area contributed by atoms with Crippen LogP contribution in [-0.2, 0) is 0 Å². The van der Waals surface area contributed by atoms with Gasteiger partial charge >= 0.3 is 0 Å². The lowest BCUT2D eigenvalue weighted by Gasteiger charge is -2.49. The average molecular weight is 125 g/mol. The standard InChI is InChI=1S/C8H15N/c1-8(9)4-6-2-7(3-6)5-8/h6-7H,2-5,9H2,1H3. The molecule has 0 aromatic heterocycles. The van der Waals surface area contributed by atoms with Gasteiger partial charge < -0.3 is 5.73 Å². The first-order valence-electron chi connectivity index (χ1n) is 3.95. The summed E-state index contributed by atoms with van der Waals surface area (Å²) in [7, 11) is 0. The zero-order chi connectivity index (χ0) is 6.48. The second-order valence-electron chi connectivity index (χ2n) is 4.27. The van der Waals surface area contributed by atoms with Crippen LogP contribution in [0.3, 0.4) is 0 Å². The van der Waals surface area contributed by atoms with E-state index < -0.39 is 0 Å². The molecule has 0 atom stereocenters. The summed E-state index contributed by atoms with van der Waals surface area (Å²) in [5.74, 6) is 2.00. The zero-order valence-electron chi connectivity index (χ0n) is 6.06. The number of rotatable bonds is 0. The number of hydrogen-bond acceptors (Lipinski definition) is 1. The first-order chi connectivity index (χ1) is 4.16. The lowest BCUT2D eigenvalue weighted by atomic mass is 9.59. The summed E-state index contributed by atoms with van der Waals surface area (Å²) in [5.41, 5.74) is 6.20. The van der Waals surface area contributed by atoms with Gasteiger partial charge in [-0.25, -0.2) is 0 Å². The van der Waals surface area contributed by atoms with Crippen LogP contribution >= 0.6 is 0 Å². The van der Waals surface area contributed by atoms with Crippen molar-refractivity contribution < 1.29 is 0 Å². The second kappa shape index (κ2) is 1.51. The van der Waals surface area contributed by atoms with Gasteiger partial charge in [-0.05, 0) is 44.4 Å². The van der Waals surface area contributed by atoms with Crippen LogP contribution in [-0.4, -0.2) is 5.54 Å². The molecule has 0 radical (unpaired) electrons. The van der Waals surface area contributed by atoms with Gasteiger partial charge in [0.25, 0.3) is 0 Å². The minimum absolute atomic E-state index is 0.200. The van der Waals surface area contributed by atoms with E-state index in [9.17, 15) is 0 Å². The Morgan fingerprint density at radius 2 is 1.67 bits per heavy atom. The van der Waals surface area contributed by atoms with Crippen molar-refractivity contribution in [2.75, 3.05) is 0 Å². The molecule has 0 spiro atoms. The largest absolute Gasteiger partial charge is 0.325 e. The van der Waals surface area contributed by atoms with Gasteiger partial charge in [-0.1, -0.05) is 0 Å². The maximum atomic E-state index is 6.00. The fourth-order valence-electron chi connectivity index (χ4n) is 2.61. The van der Waals surface area contributed by atoms with E-state index >= 15 is 0 Å². The third-order valence-electron chi connectivity index (χ3n) is 2.84. The maximum absolute atomic E-state index is 6.00. The van der Waals surface area contributed by atoms with Crippen molar-refractivity contribution in [2.24, 2.45) is 17.6 Å². The molecule has 1 heteroatoms. The van der Waals surface area contributed by atoms with E-state index in [1.165, 1.54) is 25.7 Å². The van der Waals surface area contributed by atoms with Crippen LogP contribution in [0.1, 0.15) is 32.6 Å². The van der Waals surface area contributed by atoms with Gasteiger partial charge in [-0.2, -0.15) is 0 Å². The van der Waals surface area contributed by atoms with Crippen LogP contribution in [0.5, 0.6) is 0 Å². The molecule has 52 valence electrons. The SMILES string of the molecule is CC1(N)CC2CC(C2)C1. The summed E-state index contributed by atoms with van der Waals surface area (Å²) in [6.07, 6.45) is 5.52. The van der Waals surface area contributed by atoms with Crippen molar-refractivity contribution in [1.29, 1.82) is 0 Å². The third-order valence-corrected chi connectivity index (χ3v) is 2.84. The van der Waals surface area contributed by atoms with Crippen molar-refractivity contribution in [2.45, 2.75) is 38.1 Å². The summed E-state index contributed by atoms with van der Waals surface area (Å²) >= 11 is 0. The van der Waals surface area contributed by atoms with Crippen molar-refractivity contribution in [3.63, 3.8) is 0 Å². The predicted octanol–water partition coefficient (Wildman–Crippen LogP) is 1.52. The highest BCUT2D eigenvalue weighted by atomic mass is 14.8. The Balaban J connectivity index is 2.04. The lowest BCUT2D eigenvalue weighted by molar-refractivity contribution is 0.0570. The Kier molecular flexibility index (Phi) is 0.963. The molecule has 0 amide bonds. The van der Waals surface area contributed by atoms with Gasteiger partial charge in [0.1, 0.15) is 0 Å². The molecule has 0 unspecified atom stereocenters. The molecule has 3 rings (SSSR count). The fourth-order valence-corrected chi connectivity index (χ4v) is 2.61. The van der Waals surface area contributed by atoms with Crippen molar-refractivity contribution in [3.05, 3.63) is 0 Å². The summed E-state index contributed by atoms with van der Waals surface area (Å²) in [6.45, 7) is 2.20. The van der Waals surface area contributed by atoms with Gasteiger partial charge in [0.15, 0.2) is 0 Å². The minimum Gasteiger partial charge on any atom is -0.325 e. The number of hydrogen-bond donors (Lipinski definition) is 1. The Hall–Kier alpha value is -0.0400. The average Bonchev–Trinajstić information content (AvgIpc) is 1.58. The van der Waals surface area contributed by atoms with E-state index in [-0.39, 0.29) is 5.54 Å². The molecule has 0 aromatic rings. The van der Waals surface area contributed by atoms with E-state index in [2.05, 4.69) is 6.92 Å².